The van der Waals surface area contributed by atoms with Gasteiger partial charge in [0.25, 0.3) is 0 Å². The van der Waals surface area contributed by atoms with Crippen LogP contribution in [-0.2, 0) is 4.74 Å². The number of amides is 2. The van der Waals surface area contributed by atoms with Gasteiger partial charge in [0.15, 0.2) is 0 Å². The molecule has 170 valence electrons. The largest absolute Gasteiger partial charge is 0.497 e. The SMILES string of the molecule is COCCN=C1Nc2ccccc2N[C@@]12CCCN(C(=O)Nc1ccc(OC)cc1C)C2. The third kappa shape index (κ3) is 4.50. The quantitative estimate of drug-likeness (QED) is 0.617. The Balaban J connectivity index is 1.56. The van der Waals surface area contributed by atoms with E-state index >= 15 is 0 Å². The van der Waals surface area contributed by atoms with Crippen molar-refractivity contribution in [2.45, 2.75) is 25.3 Å². The van der Waals surface area contributed by atoms with Crippen LogP contribution in [0.25, 0.3) is 0 Å². The Morgan fingerprint density at radius 3 is 2.78 bits per heavy atom. The summed E-state index contributed by atoms with van der Waals surface area (Å²) in [7, 11) is 3.31. The maximum Gasteiger partial charge on any atom is 0.321 e. The maximum absolute atomic E-state index is 13.2. The van der Waals surface area contributed by atoms with Crippen molar-refractivity contribution in [3.8, 4) is 5.75 Å². The van der Waals surface area contributed by atoms with Crippen LogP contribution >= 0.6 is 0 Å². The van der Waals surface area contributed by atoms with Crippen LogP contribution in [0.1, 0.15) is 18.4 Å². The Morgan fingerprint density at radius 1 is 1.22 bits per heavy atom. The molecule has 8 heteroatoms. The Morgan fingerprint density at radius 2 is 2.03 bits per heavy atom. The molecule has 0 bridgehead atoms. The molecule has 2 aromatic rings. The van der Waals surface area contributed by atoms with Gasteiger partial charge in [-0.05, 0) is 55.7 Å². The second kappa shape index (κ2) is 9.48. The van der Waals surface area contributed by atoms with Gasteiger partial charge in [-0.15, -0.1) is 0 Å². The van der Waals surface area contributed by atoms with Gasteiger partial charge in [0, 0.05) is 19.3 Å². The van der Waals surface area contributed by atoms with Crippen LogP contribution in [0, 0.1) is 6.92 Å². The molecule has 0 unspecified atom stereocenters. The van der Waals surface area contributed by atoms with E-state index in [-0.39, 0.29) is 6.03 Å². The summed E-state index contributed by atoms with van der Waals surface area (Å²) in [5, 5.41) is 10.3. The predicted molar refractivity (Wildman–Crippen MR) is 128 cm³/mol. The number of aryl methyl sites for hydroxylation is 1. The van der Waals surface area contributed by atoms with Gasteiger partial charge in [0.2, 0.25) is 0 Å². The third-order valence-electron chi connectivity index (χ3n) is 6.03. The van der Waals surface area contributed by atoms with Crippen LogP contribution in [-0.4, -0.2) is 62.8 Å². The number of hydrogen-bond donors (Lipinski definition) is 3. The lowest BCUT2D eigenvalue weighted by atomic mass is 9.85. The summed E-state index contributed by atoms with van der Waals surface area (Å²) in [4.78, 5) is 19.9. The second-order valence-corrected chi connectivity index (χ2v) is 8.24. The smallest absolute Gasteiger partial charge is 0.321 e. The fraction of sp³-hybridized carbons (Fsp3) is 0.417. The Labute approximate surface area is 189 Å². The van der Waals surface area contributed by atoms with Gasteiger partial charge in [-0.1, -0.05) is 12.1 Å². The summed E-state index contributed by atoms with van der Waals surface area (Å²) >= 11 is 0. The highest BCUT2D eigenvalue weighted by atomic mass is 16.5. The van der Waals surface area contributed by atoms with Gasteiger partial charge >= 0.3 is 6.03 Å². The number of likely N-dealkylation sites (tertiary alicyclic amines) is 1. The number of carbonyl (C=O) groups excluding carboxylic acids is 1. The highest BCUT2D eigenvalue weighted by Gasteiger charge is 2.44. The van der Waals surface area contributed by atoms with Gasteiger partial charge in [0.05, 0.1) is 38.2 Å². The van der Waals surface area contributed by atoms with Crippen molar-refractivity contribution in [3.05, 3.63) is 48.0 Å². The molecule has 2 heterocycles. The number of carbonyl (C=O) groups is 1. The van der Waals surface area contributed by atoms with E-state index in [0.29, 0.717) is 26.2 Å². The number of para-hydroxylation sites is 2. The number of aliphatic imine (C=N–C) groups is 1. The molecule has 0 aromatic heterocycles. The fourth-order valence-electron chi connectivity index (χ4n) is 4.33. The first kappa shape index (κ1) is 22.0. The van der Waals surface area contributed by atoms with E-state index < -0.39 is 5.54 Å². The van der Waals surface area contributed by atoms with E-state index in [9.17, 15) is 4.79 Å². The number of piperidine rings is 1. The number of nitrogens with one attached hydrogen (secondary N) is 3. The van der Waals surface area contributed by atoms with Gasteiger partial charge in [-0.25, -0.2) is 4.79 Å². The number of urea groups is 1. The highest BCUT2D eigenvalue weighted by molar-refractivity contribution is 6.10. The van der Waals surface area contributed by atoms with E-state index in [1.807, 2.05) is 48.2 Å². The van der Waals surface area contributed by atoms with Crippen LogP contribution in [0.3, 0.4) is 0 Å². The minimum atomic E-state index is -0.466. The number of rotatable bonds is 5. The van der Waals surface area contributed by atoms with Gasteiger partial charge in [-0.3, -0.25) is 4.99 Å². The monoisotopic (exact) mass is 437 g/mol. The molecule has 0 saturated carbocycles. The number of hydrogen-bond acceptors (Lipinski definition) is 5. The average molecular weight is 438 g/mol. The zero-order valence-electron chi connectivity index (χ0n) is 18.9. The van der Waals surface area contributed by atoms with Crippen molar-refractivity contribution >= 4 is 28.9 Å². The molecule has 1 saturated heterocycles. The van der Waals surface area contributed by atoms with Crippen molar-refractivity contribution in [2.24, 2.45) is 4.99 Å². The van der Waals surface area contributed by atoms with E-state index in [2.05, 4.69) is 22.0 Å². The van der Waals surface area contributed by atoms with Crippen LogP contribution in [0.2, 0.25) is 0 Å². The third-order valence-corrected chi connectivity index (χ3v) is 6.03. The normalized spacial score (nSPS) is 21.0. The molecule has 2 amide bonds. The summed E-state index contributed by atoms with van der Waals surface area (Å²) in [5.74, 6) is 1.62. The summed E-state index contributed by atoms with van der Waals surface area (Å²) in [6.07, 6.45) is 1.75. The van der Waals surface area contributed by atoms with E-state index in [1.54, 1.807) is 14.2 Å². The lowest BCUT2D eigenvalue weighted by Gasteiger charge is -2.47. The molecule has 2 aromatic carbocycles. The first-order valence-electron chi connectivity index (χ1n) is 10.9. The Kier molecular flexibility index (Phi) is 6.50. The zero-order chi connectivity index (χ0) is 22.6. The number of ether oxygens (including phenoxy) is 2. The molecule has 0 aliphatic carbocycles. The molecule has 1 atom stereocenters. The Hall–Kier alpha value is -3.26. The molecular weight excluding hydrogens is 406 g/mol. The zero-order valence-corrected chi connectivity index (χ0v) is 18.9. The number of nitrogens with zero attached hydrogens (tertiary/aromatic N) is 2. The maximum atomic E-state index is 13.2. The summed E-state index contributed by atoms with van der Waals surface area (Å²) in [6, 6.07) is 13.6. The van der Waals surface area contributed by atoms with Gasteiger partial charge < -0.3 is 30.3 Å². The Bertz CT molecular complexity index is 1010. The molecule has 32 heavy (non-hydrogen) atoms. The number of methoxy groups -OCH3 is 2. The number of fused-ring (bicyclic) bond motifs is 1. The van der Waals surface area contributed by atoms with E-state index in [1.165, 1.54) is 0 Å². The standard InChI is InChI=1S/C24H31N5O3/c1-17-15-18(32-3)9-10-19(17)27-23(30)29-13-6-11-24(16-29)22(25-12-14-31-2)26-20-7-4-5-8-21(20)28-24/h4-5,7-10,15,28H,6,11-14,16H2,1-3H3,(H,25,26)(H,27,30)/t24-/m1/s1. The first-order valence-corrected chi connectivity index (χ1v) is 10.9. The van der Waals surface area contributed by atoms with Crippen molar-refractivity contribution in [3.63, 3.8) is 0 Å². The molecule has 3 N–H and O–H groups in total. The minimum absolute atomic E-state index is 0.116. The molecule has 4 rings (SSSR count). The minimum Gasteiger partial charge on any atom is -0.497 e. The summed E-state index contributed by atoms with van der Waals surface area (Å²) in [5.41, 5.74) is 3.28. The van der Waals surface area contributed by atoms with Crippen LogP contribution in [0.15, 0.2) is 47.5 Å². The lowest BCUT2D eigenvalue weighted by molar-refractivity contribution is 0.186. The molecule has 0 radical (unpaired) electrons. The summed E-state index contributed by atoms with van der Waals surface area (Å²) < 4.78 is 10.5. The van der Waals surface area contributed by atoms with Crippen molar-refractivity contribution in [1.29, 1.82) is 0 Å². The summed E-state index contributed by atoms with van der Waals surface area (Å²) in [6.45, 7) is 4.27. The van der Waals surface area contributed by atoms with Crippen LogP contribution < -0.4 is 20.7 Å². The number of amidine groups is 1. The highest BCUT2D eigenvalue weighted by Crippen LogP contribution is 2.36. The molecule has 2 aliphatic heterocycles. The van der Waals surface area contributed by atoms with Gasteiger partial charge in [-0.2, -0.15) is 0 Å². The average Bonchev–Trinajstić information content (AvgIpc) is 2.81. The lowest BCUT2D eigenvalue weighted by Crippen LogP contribution is -2.63. The van der Waals surface area contributed by atoms with Crippen LogP contribution in [0.5, 0.6) is 5.75 Å². The molecule has 2 aliphatic rings. The van der Waals surface area contributed by atoms with E-state index in [4.69, 9.17) is 14.5 Å². The molecule has 8 nitrogen and oxygen atoms in total. The van der Waals surface area contributed by atoms with Crippen LogP contribution in [0.4, 0.5) is 21.9 Å². The second-order valence-electron chi connectivity index (χ2n) is 8.24. The molecular formula is C24H31N5O3. The molecule has 1 spiro atoms. The fourth-order valence-corrected chi connectivity index (χ4v) is 4.33. The predicted octanol–water partition coefficient (Wildman–Crippen LogP) is 3.95. The van der Waals surface area contributed by atoms with Crippen molar-refractivity contribution in [2.75, 3.05) is 56.4 Å². The van der Waals surface area contributed by atoms with Gasteiger partial charge in [0.1, 0.15) is 17.1 Å². The first-order chi connectivity index (χ1) is 15.5. The number of anilines is 3. The van der Waals surface area contributed by atoms with Crippen molar-refractivity contribution in [1.82, 2.24) is 4.90 Å². The molecule has 1 fully saturated rings. The van der Waals surface area contributed by atoms with Crippen molar-refractivity contribution < 1.29 is 14.3 Å². The number of benzene rings is 2. The topological polar surface area (TPSA) is 87.2 Å². The van der Waals surface area contributed by atoms with E-state index in [0.717, 1.165) is 47.1 Å².